The molecule has 2 rings (SSSR count). The molecule has 96 valence electrons. The lowest BCUT2D eigenvalue weighted by atomic mass is 10.1. The summed E-state index contributed by atoms with van der Waals surface area (Å²) in [5, 5.41) is 3.90. The maximum absolute atomic E-state index is 13.5. The zero-order valence-electron chi connectivity index (χ0n) is 9.31. The van der Waals surface area contributed by atoms with Gasteiger partial charge in [-0.05, 0) is 40.7 Å². The molecule has 0 spiro atoms. The monoisotopic (exact) mass is 367 g/mol. The molecule has 1 N–H and O–H groups in total. The first-order chi connectivity index (χ1) is 8.54. The molecule has 6 heteroatoms. The summed E-state index contributed by atoms with van der Waals surface area (Å²) in [4.78, 5) is 0.974. The highest BCUT2D eigenvalue weighted by atomic mass is 79.9. The standard InChI is InChI=1S/C12H9BrCl2FNS/c1-17-11(9-5-7(14)12(13)18-9)6-3-2-4-8(16)10(6)15/h2-5,11,17H,1H3. The Kier molecular flexibility index (Phi) is 4.67. The van der Waals surface area contributed by atoms with Gasteiger partial charge in [0.15, 0.2) is 0 Å². The number of rotatable bonds is 3. The average Bonchev–Trinajstić information content (AvgIpc) is 2.66. The second-order valence-electron chi connectivity index (χ2n) is 3.64. The summed E-state index contributed by atoms with van der Waals surface area (Å²) in [6.07, 6.45) is 0. The lowest BCUT2D eigenvalue weighted by Crippen LogP contribution is -2.17. The van der Waals surface area contributed by atoms with Crippen LogP contribution in [0.15, 0.2) is 28.1 Å². The maximum Gasteiger partial charge on any atom is 0.142 e. The van der Waals surface area contributed by atoms with Crippen molar-refractivity contribution in [1.82, 2.24) is 5.32 Å². The second-order valence-corrected chi connectivity index (χ2v) is 6.82. The number of benzene rings is 1. The fourth-order valence-electron chi connectivity index (χ4n) is 1.70. The smallest absolute Gasteiger partial charge is 0.142 e. The van der Waals surface area contributed by atoms with Crippen molar-refractivity contribution in [2.45, 2.75) is 6.04 Å². The number of nitrogens with one attached hydrogen (secondary N) is 1. The van der Waals surface area contributed by atoms with Gasteiger partial charge in [-0.2, -0.15) is 0 Å². The Labute approximate surface area is 127 Å². The molecule has 0 aliphatic heterocycles. The van der Waals surface area contributed by atoms with Gasteiger partial charge in [-0.25, -0.2) is 4.39 Å². The van der Waals surface area contributed by atoms with E-state index in [1.165, 1.54) is 17.4 Å². The van der Waals surface area contributed by atoms with E-state index in [2.05, 4.69) is 21.2 Å². The Morgan fingerprint density at radius 2 is 2.11 bits per heavy atom. The minimum Gasteiger partial charge on any atom is -0.309 e. The molecule has 1 nitrogen and oxygen atoms in total. The van der Waals surface area contributed by atoms with Crippen LogP contribution >= 0.6 is 50.5 Å². The third-order valence-corrected chi connectivity index (χ3v) is 5.47. The summed E-state index contributed by atoms with van der Waals surface area (Å²) >= 11 is 16.9. The first kappa shape index (κ1) is 14.3. The van der Waals surface area contributed by atoms with Crippen LogP contribution in [-0.4, -0.2) is 7.05 Å². The third-order valence-electron chi connectivity index (χ3n) is 2.53. The molecule has 0 bridgehead atoms. The van der Waals surface area contributed by atoms with Crippen LogP contribution in [0.2, 0.25) is 10.0 Å². The summed E-state index contributed by atoms with van der Waals surface area (Å²) in [5.74, 6) is -0.420. The highest BCUT2D eigenvalue weighted by Crippen LogP contribution is 2.39. The highest BCUT2D eigenvalue weighted by molar-refractivity contribution is 9.11. The second kappa shape index (κ2) is 5.88. The summed E-state index contributed by atoms with van der Waals surface area (Å²) in [6, 6.07) is 6.45. The van der Waals surface area contributed by atoms with Gasteiger partial charge < -0.3 is 5.32 Å². The molecule has 1 aromatic carbocycles. The molecule has 1 unspecified atom stereocenters. The predicted octanol–water partition coefficient (Wildman–Crippen LogP) is 5.27. The van der Waals surface area contributed by atoms with Gasteiger partial charge in [0, 0.05) is 4.88 Å². The van der Waals surface area contributed by atoms with Crippen molar-refractivity contribution in [3.05, 3.63) is 54.4 Å². The van der Waals surface area contributed by atoms with Crippen molar-refractivity contribution in [3.63, 3.8) is 0 Å². The van der Waals surface area contributed by atoms with Crippen molar-refractivity contribution in [1.29, 1.82) is 0 Å². The van der Waals surface area contributed by atoms with Crippen LogP contribution in [0.5, 0.6) is 0 Å². The van der Waals surface area contributed by atoms with Crippen LogP contribution in [0.4, 0.5) is 4.39 Å². The molecule has 0 amide bonds. The van der Waals surface area contributed by atoms with Gasteiger partial charge >= 0.3 is 0 Å². The van der Waals surface area contributed by atoms with E-state index in [9.17, 15) is 4.39 Å². The van der Waals surface area contributed by atoms with Gasteiger partial charge in [0.25, 0.3) is 0 Å². The fraction of sp³-hybridized carbons (Fsp3) is 0.167. The van der Waals surface area contributed by atoms with Gasteiger partial charge in [-0.3, -0.25) is 0 Å². The number of hydrogen-bond acceptors (Lipinski definition) is 2. The molecule has 18 heavy (non-hydrogen) atoms. The van der Waals surface area contributed by atoms with E-state index in [1.807, 2.05) is 6.07 Å². The van der Waals surface area contributed by atoms with Gasteiger partial charge in [0.2, 0.25) is 0 Å². The number of hydrogen-bond donors (Lipinski definition) is 1. The minimum absolute atomic E-state index is 0.137. The zero-order valence-corrected chi connectivity index (χ0v) is 13.2. The third kappa shape index (κ3) is 2.73. The molecule has 1 heterocycles. The summed E-state index contributed by atoms with van der Waals surface area (Å²) in [6.45, 7) is 0. The molecule has 0 radical (unpaired) electrons. The van der Waals surface area contributed by atoms with Gasteiger partial charge in [0.05, 0.1) is 19.9 Å². The Balaban J connectivity index is 2.48. The highest BCUT2D eigenvalue weighted by Gasteiger charge is 2.20. The number of halogens is 4. The summed E-state index contributed by atoms with van der Waals surface area (Å²) < 4.78 is 14.3. The first-order valence-corrected chi connectivity index (χ1v) is 7.47. The number of thiophene rings is 1. The van der Waals surface area contributed by atoms with Crippen LogP contribution in [0.1, 0.15) is 16.5 Å². The Morgan fingerprint density at radius 1 is 1.39 bits per heavy atom. The van der Waals surface area contributed by atoms with E-state index >= 15 is 0 Å². The SMILES string of the molecule is CNC(c1cc(Cl)c(Br)s1)c1cccc(F)c1Cl. The van der Waals surface area contributed by atoms with Gasteiger partial charge in [0.1, 0.15) is 5.82 Å². The molecule has 0 saturated heterocycles. The van der Waals surface area contributed by atoms with Crippen molar-refractivity contribution < 1.29 is 4.39 Å². The average molecular weight is 369 g/mol. The minimum atomic E-state index is -0.420. The van der Waals surface area contributed by atoms with Crippen molar-refractivity contribution >= 4 is 50.5 Å². The van der Waals surface area contributed by atoms with Crippen LogP contribution in [-0.2, 0) is 0 Å². The normalized spacial score (nSPS) is 12.7. The Hall–Kier alpha value is -0.130. The van der Waals surface area contributed by atoms with E-state index in [4.69, 9.17) is 23.2 Å². The van der Waals surface area contributed by atoms with E-state index < -0.39 is 5.82 Å². The molecule has 0 aliphatic rings. The first-order valence-electron chi connectivity index (χ1n) is 5.10. The molecule has 0 aliphatic carbocycles. The Morgan fingerprint density at radius 3 is 2.67 bits per heavy atom. The van der Waals surface area contributed by atoms with Crippen LogP contribution < -0.4 is 5.32 Å². The molecular formula is C12H9BrCl2FNS. The lowest BCUT2D eigenvalue weighted by molar-refractivity contribution is 0.618. The summed E-state index contributed by atoms with van der Waals surface area (Å²) in [7, 11) is 1.80. The van der Waals surface area contributed by atoms with E-state index in [0.717, 1.165) is 8.66 Å². The largest absolute Gasteiger partial charge is 0.309 e. The van der Waals surface area contributed by atoms with E-state index in [-0.39, 0.29) is 11.1 Å². The van der Waals surface area contributed by atoms with Crippen LogP contribution in [0.3, 0.4) is 0 Å². The molecule has 0 fully saturated rings. The molecule has 2 aromatic rings. The lowest BCUT2D eigenvalue weighted by Gasteiger charge is -2.16. The van der Waals surface area contributed by atoms with E-state index in [0.29, 0.717) is 10.6 Å². The zero-order chi connectivity index (χ0) is 13.3. The van der Waals surface area contributed by atoms with Crippen molar-refractivity contribution in [2.24, 2.45) is 0 Å². The quantitative estimate of drug-likeness (QED) is 0.778. The van der Waals surface area contributed by atoms with Gasteiger partial charge in [-0.1, -0.05) is 35.3 Å². The fourth-order valence-corrected chi connectivity index (χ4v) is 3.81. The molecular weight excluding hydrogens is 360 g/mol. The maximum atomic E-state index is 13.5. The molecule has 1 atom stereocenters. The van der Waals surface area contributed by atoms with Crippen molar-refractivity contribution in [3.8, 4) is 0 Å². The molecule has 1 aromatic heterocycles. The van der Waals surface area contributed by atoms with Crippen LogP contribution in [0, 0.1) is 5.82 Å². The predicted molar refractivity (Wildman–Crippen MR) is 79.3 cm³/mol. The Bertz CT molecular complexity index is 554. The van der Waals surface area contributed by atoms with Crippen molar-refractivity contribution in [2.75, 3.05) is 7.05 Å². The topological polar surface area (TPSA) is 12.0 Å². The van der Waals surface area contributed by atoms with E-state index in [1.54, 1.807) is 19.2 Å². The van der Waals surface area contributed by atoms with Gasteiger partial charge in [-0.15, -0.1) is 11.3 Å². The summed E-state index contributed by atoms with van der Waals surface area (Å²) in [5.41, 5.74) is 0.699. The molecule has 0 saturated carbocycles. The van der Waals surface area contributed by atoms with Crippen LogP contribution in [0.25, 0.3) is 0 Å².